The Morgan fingerprint density at radius 2 is 2.19 bits per heavy atom. The summed E-state index contributed by atoms with van der Waals surface area (Å²) < 4.78 is 5.68. The predicted octanol–water partition coefficient (Wildman–Crippen LogP) is 3.52. The lowest BCUT2D eigenvalue weighted by atomic mass is 10.2. The molecular formula is C13H18N2O. The molecule has 3 heteroatoms. The van der Waals surface area contributed by atoms with Gasteiger partial charge in [0, 0.05) is 6.07 Å². The van der Waals surface area contributed by atoms with E-state index in [2.05, 4.69) is 16.9 Å². The standard InChI is InChI=1S/C13H18N2O/c1-2-3-4-5-8-16-11-6-7-12-13(9-11)15-10-14-12/h6-7,9-10H,2-5,8H2,1H3,(H,14,15). The molecule has 2 rings (SSSR count). The fourth-order valence-electron chi connectivity index (χ4n) is 1.72. The smallest absolute Gasteiger partial charge is 0.121 e. The summed E-state index contributed by atoms with van der Waals surface area (Å²) >= 11 is 0. The number of H-pyrrole nitrogens is 1. The molecule has 0 atom stereocenters. The summed E-state index contributed by atoms with van der Waals surface area (Å²) in [5.74, 6) is 0.924. The Morgan fingerprint density at radius 3 is 3.06 bits per heavy atom. The number of benzene rings is 1. The number of nitrogens with zero attached hydrogens (tertiary/aromatic N) is 1. The van der Waals surface area contributed by atoms with Crippen LogP contribution in [-0.2, 0) is 0 Å². The second-order valence-electron chi connectivity index (χ2n) is 3.99. The SMILES string of the molecule is CCCCCCOc1ccc2nc[nH]c2c1. The molecule has 0 aliphatic rings. The Kier molecular flexibility index (Phi) is 3.81. The van der Waals surface area contributed by atoms with Gasteiger partial charge < -0.3 is 9.72 Å². The molecule has 0 aliphatic heterocycles. The fraction of sp³-hybridized carbons (Fsp3) is 0.462. The summed E-state index contributed by atoms with van der Waals surface area (Å²) in [4.78, 5) is 7.25. The summed E-state index contributed by atoms with van der Waals surface area (Å²) in [6, 6.07) is 5.96. The van der Waals surface area contributed by atoms with Crippen LogP contribution >= 0.6 is 0 Å². The van der Waals surface area contributed by atoms with Gasteiger partial charge in [-0.2, -0.15) is 0 Å². The van der Waals surface area contributed by atoms with E-state index in [1.54, 1.807) is 6.33 Å². The minimum atomic E-state index is 0.805. The third-order valence-electron chi connectivity index (χ3n) is 2.66. The molecule has 0 unspecified atom stereocenters. The van der Waals surface area contributed by atoms with Crippen LogP contribution in [0.15, 0.2) is 24.5 Å². The third kappa shape index (κ3) is 2.75. The van der Waals surface area contributed by atoms with E-state index in [0.717, 1.165) is 29.8 Å². The first-order valence-corrected chi connectivity index (χ1v) is 5.96. The van der Waals surface area contributed by atoms with Crippen LogP contribution in [0, 0.1) is 0 Å². The molecule has 0 amide bonds. The molecule has 1 heterocycles. The first-order chi connectivity index (χ1) is 7.90. The van der Waals surface area contributed by atoms with E-state index in [1.165, 1.54) is 19.3 Å². The first kappa shape index (κ1) is 11.0. The number of ether oxygens (including phenoxy) is 1. The molecule has 3 nitrogen and oxygen atoms in total. The molecule has 0 bridgehead atoms. The number of rotatable bonds is 6. The molecule has 86 valence electrons. The lowest BCUT2D eigenvalue weighted by molar-refractivity contribution is 0.305. The van der Waals surface area contributed by atoms with Gasteiger partial charge in [0.2, 0.25) is 0 Å². The van der Waals surface area contributed by atoms with Crippen molar-refractivity contribution in [3.63, 3.8) is 0 Å². The number of unbranched alkanes of at least 4 members (excludes halogenated alkanes) is 3. The fourth-order valence-corrected chi connectivity index (χ4v) is 1.72. The number of aromatic nitrogens is 2. The van der Waals surface area contributed by atoms with Crippen molar-refractivity contribution in [2.24, 2.45) is 0 Å². The summed E-state index contributed by atoms with van der Waals surface area (Å²) in [7, 11) is 0. The van der Waals surface area contributed by atoms with E-state index in [4.69, 9.17) is 4.74 Å². The molecule has 16 heavy (non-hydrogen) atoms. The Hall–Kier alpha value is -1.51. The zero-order valence-corrected chi connectivity index (χ0v) is 9.70. The first-order valence-electron chi connectivity index (χ1n) is 5.96. The Morgan fingerprint density at radius 1 is 1.25 bits per heavy atom. The maximum Gasteiger partial charge on any atom is 0.121 e. The van der Waals surface area contributed by atoms with Gasteiger partial charge in [-0.05, 0) is 18.6 Å². The van der Waals surface area contributed by atoms with E-state index in [9.17, 15) is 0 Å². The Bertz CT molecular complexity index is 436. The number of imidazole rings is 1. The average molecular weight is 218 g/mol. The monoisotopic (exact) mass is 218 g/mol. The van der Waals surface area contributed by atoms with Crippen molar-refractivity contribution >= 4 is 11.0 Å². The van der Waals surface area contributed by atoms with Crippen LogP contribution in [0.25, 0.3) is 11.0 Å². The lowest BCUT2D eigenvalue weighted by Gasteiger charge is -2.05. The van der Waals surface area contributed by atoms with E-state index in [0.29, 0.717) is 0 Å². The van der Waals surface area contributed by atoms with Crippen molar-refractivity contribution < 1.29 is 4.74 Å². The highest BCUT2D eigenvalue weighted by molar-refractivity contribution is 5.75. The number of aromatic amines is 1. The quantitative estimate of drug-likeness (QED) is 0.753. The van der Waals surface area contributed by atoms with Gasteiger partial charge in [0.15, 0.2) is 0 Å². The molecule has 0 spiro atoms. The molecule has 0 radical (unpaired) electrons. The largest absolute Gasteiger partial charge is 0.494 e. The minimum absolute atomic E-state index is 0.805. The van der Waals surface area contributed by atoms with Gasteiger partial charge in [0.1, 0.15) is 5.75 Å². The number of nitrogens with one attached hydrogen (secondary N) is 1. The molecular weight excluding hydrogens is 200 g/mol. The molecule has 0 saturated heterocycles. The van der Waals surface area contributed by atoms with Gasteiger partial charge >= 0.3 is 0 Å². The van der Waals surface area contributed by atoms with E-state index >= 15 is 0 Å². The summed E-state index contributed by atoms with van der Waals surface area (Å²) in [6.07, 6.45) is 6.65. The van der Waals surface area contributed by atoms with Crippen molar-refractivity contribution in [1.82, 2.24) is 9.97 Å². The van der Waals surface area contributed by atoms with Crippen molar-refractivity contribution in [2.75, 3.05) is 6.61 Å². The second kappa shape index (κ2) is 5.54. The summed E-state index contributed by atoms with van der Waals surface area (Å²) in [6.45, 7) is 3.02. The lowest BCUT2D eigenvalue weighted by Crippen LogP contribution is -1.96. The van der Waals surface area contributed by atoms with Gasteiger partial charge in [-0.25, -0.2) is 4.98 Å². The maximum atomic E-state index is 5.68. The van der Waals surface area contributed by atoms with Crippen molar-refractivity contribution in [3.8, 4) is 5.75 Å². The normalized spacial score (nSPS) is 10.8. The van der Waals surface area contributed by atoms with Crippen LogP contribution in [-0.4, -0.2) is 16.6 Å². The summed E-state index contributed by atoms with van der Waals surface area (Å²) in [5.41, 5.74) is 2.02. The van der Waals surface area contributed by atoms with Crippen LogP contribution in [0.1, 0.15) is 32.6 Å². The van der Waals surface area contributed by atoms with Crippen LogP contribution < -0.4 is 4.74 Å². The molecule has 0 saturated carbocycles. The van der Waals surface area contributed by atoms with E-state index in [-0.39, 0.29) is 0 Å². The molecule has 2 aromatic rings. The molecule has 1 N–H and O–H groups in total. The van der Waals surface area contributed by atoms with Crippen molar-refractivity contribution in [3.05, 3.63) is 24.5 Å². The predicted molar refractivity (Wildman–Crippen MR) is 65.7 cm³/mol. The highest BCUT2D eigenvalue weighted by Gasteiger charge is 1.98. The van der Waals surface area contributed by atoms with Crippen molar-refractivity contribution in [1.29, 1.82) is 0 Å². The van der Waals surface area contributed by atoms with Gasteiger partial charge in [-0.1, -0.05) is 26.2 Å². The van der Waals surface area contributed by atoms with E-state index < -0.39 is 0 Å². The van der Waals surface area contributed by atoms with E-state index in [1.807, 2.05) is 18.2 Å². The average Bonchev–Trinajstić information content (AvgIpc) is 2.76. The zero-order valence-electron chi connectivity index (χ0n) is 9.70. The van der Waals surface area contributed by atoms with Crippen molar-refractivity contribution in [2.45, 2.75) is 32.6 Å². The number of fused-ring (bicyclic) bond motifs is 1. The van der Waals surface area contributed by atoms with Crippen LogP contribution in [0.2, 0.25) is 0 Å². The van der Waals surface area contributed by atoms with Crippen LogP contribution in [0.3, 0.4) is 0 Å². The Labute approximate surface area is 95.8 Å². The topological polar surface area (TPSA) is 37.9 Å². The third-order valence-corrected chi connectivity index (χ3v) is 2.66. The molecule has 1 aromatic heterocycles. The van der Waals surface area contributed by atoms with Gasteiger partial charge in [-0.15, -0.1) is 0 Å². The van der Waals surface area contributed by atoms with Crippen LogP contribution in [0.5, 0.6) is 5.75 Å². The second-order valence-corrected chi connectivity index (χ2v) is 3.99. The molecule has 1 aromatic carbocycles. The maximum absolute atomic E-state index is 5.68. The van der Waals surface area contributed by atoms with Crippen LogP contribution in [0.4, 0.5) is 0 Å². The van der Waals surface area contributed by atoms with Gasteiger partial charge in [0.05, 0.1) is 24.0 Å². The molecule has 0 aliphatic carbocycles. The minimum Gasteiger partial charge on any atom is -0.494 e. The highest BCUT2D eigenvalue weighted by Crippen LogP contribution is 2.17. The highest BCUT2D eigenvalue weighted by atomic mass is 16.5. The zero-order chi connectivity index (χ0) is 11.2. The Balaban J connectivity index is 1.84. The number of hydrogen-bond acceptors (Lipinski definition) is 2. The van der Waals surface area contributed by atoms with Gasteiger partial charge in [-0.3, -0.25) is 0 Å². The number of hydrogen-bond donors (Lipinski definition) is 1. The van der Waals surface area contributed by atoms with Gasteiger partial charge in [0.25, 0.3) is 0 Å². The molecule has 0 fully saturated rings. The summed E-state index contributed by atoms with van der Waals surface area (Å²) in [5, 5.41) is 0.